The van der Waals surface area contributed by atoms with E-state index >= 15 is 0 Å². The Balaban J connectivity index is 2.35. The normalized spacial score (nSPS) is 14.8. The first-order valence-electron chi connectivity index (χ1n) is 5.76. The summed E-state index contributed by atoms with van der Waals surface area (Å²) in [5.74, 6) is 0. The number of ether oxygens (including phenoxy) is 1. The van der Waals surface area contributed by atoms with E-state index in [1.165, 1.54) is 0 Å². The van der Waals surface area contributed by atoms with Crippen LogP contribution in [0.2, 0.25) is 0 Å². The highest BCUT2D eigenvalue weighted by Crippen LogP contribution is 2.24. The monoisotopic (exact) mass is 230 g/mol. The molecule has 0 amide bonds. The summed E-state index contributed by atoms with van der Waals surface area (Å²) >= 11 is 0. The van der Waals surface area contributed by atoms with E-state index in [-0.39, 0.29) is 5.54 Å². The molecule has 2 aromatic rings. The van der Waals surface area contributed by atoms with E-state index < -0.39 is 0 Å². The lowest BCUT2D eigenvalue weighted by atomic mass is 9.89. The van der Waals surface area contributed by atoms with Gasteiger partial charge in [-0.05, 0) is 37.1 Å². The van der Waals surface area contributed by atoms with Crippen LogP contribution >= 0.6 is 0 Å². The van der Waals surface area contributed by atoms with Gasteiger partial charge in [0.1, 0.15) is 0 Å². The van der Waals surface area contributed by atoms with E-state index in [9.17, 15) is 0 Å². The molecule has 0 aliphatic rings. The topological polar surface area (TPSA) is 48.1 Å². The highest BCUT2D eigenvalue weighted by atomic mass is 16.5. The van der Waals surface area contributed by atoms with Gasteiger partial charge in [0.25, 0.3) is 0 Å². The summed E-state index contributed by atoms with van der Waals surface area (Å²) in [6.07, 6.45) is 2.60. The molecule has 1 heterocycles. The standard InChI is InChI=1S/C14H18N2O/c1-14(15,7-9-17-2)12-5-6-13-11(10-12)4-3-8-16-13/h3-6,8,10H,7,9,15H2,1-2H3. The first-order chi connectivity index (χ1) is 8.13. The number of hydrogen-bond donors (Lipinski definition) is 1. The van der Waals surface area contributed by atoms with Crippen LogP contribution < -0.4 is 5.73 Å². The second-order valence-corrected chi connectivity index (χ2v) is 4.57. The van der Waals surface area contributed by atoms with Gasteiger partial charge in [-0.3, -0.25) is 4.98 Å². The zero-order chi connectivity index (χ0) is 12.3. The molecule has 0 spiro atoms. The van der Waals surface area contributed by atoms with Crippen molar-refractivity contribution in [2.45, 2.75) is 18.9 Å². The van der Waals surface area contributed by atoms with Crippen LogP contribution in [0.1, 0.15) is 18.9 Å². The van der Waals surface area contributed by atoms with Crippen molar-refractivity contribution in [3.63, 3.8) is 0 Å². The quantitative estimate of drug-likeness (QED) is 0.877. The van der Waals surface area contributed by atoms with Gasteiger partial charge in [-0.15, -0.1) is 0 Å². The smallest absolute Gasteiger partial charge is 0.0702 e. The Labute approximate surface area is 102 Å². The largest absolute Gasteiger partial charge is 0.385 e. The molecule has 0 saturated carbocycles. The summed E-state index contributed by atoms with van der Waals surface area (Å²) in [5, 5.41) is 1.12. The molecule has 0 aliphatic carbocycles. The van der Waals surface area contributed by atoms with Gasteiger partial charge in [0, 0.05) is 30.8 Å². The summed E-state index contributed by atoms with van der Waals surface area (Å²) in [5.41, 5.74) is 8.07. The third-order valence-electron chi connectivity index (χ3n) is 3.09. The molecule has 0 radical (unpaired) electrons. The van der Waals surface area contributed by atoms with Crippen molar-refractivity contribution in [1.82, 2.24) is 4.98 Å². The Hall–Kier alpha value is -1.45. The third kappa shape index (κ3) is 2.62. The average molecular weight is 230 g/mol. The predicted octanol–water partition coefficient (Wildman–Crippen LogP) is 2.45. The number of nitrogens with zero attached hydrogens (tertiary/aromatic N) is 1. The maximum absolute atomic E-state index is 6.31. The molecule has 1 aromatic carbocycles. The van der Waals surface area contributed by atoms with Crippen LogP contribution in [0.3, 0.4) is 0 Å². The summed E-state index contributed by atoms with van der Waals surface area (Å²) in [4.78, 5) is 4.30. The van der Waals surface area contributed by atoms with E-state index in [4.69, 9.17) is 10.5 Å². The fraction of sp³-hybridized carbons (Fsp3) is 0.357. The Morgan fingerprint density at radius 2 is 2.18 bits per heavy atom. The zero-order valence-electron chi connectivity index (χ0n) is 10.3. The van der Waals surface area contributed by atoms with Gasteiger partial charge in [-0.2, -0.15) is 0 Å². The predicted molar refractivity (Wildman–Crippen MR) is 69.8 cm³/mol. The number of nitrogens with two attached hydrogens (primary N) is 1. The van der Waals surface area contributed by atoms with Crippen LogP contribution in [0.4, 0.5) is 0 Å². The highest BCUT2D eigenvalue weighted by Gasteiger charge is 2.20. The highest BCUT2D eigenvalue weighted by molar-refractivity contribution is 5.79. The third-order valence-corrected chi connectivity index (χ3v) is 3.09. The summed E-state index contributed by atoms with van der Waals surface area (Å²) in [6, 6.07) is 10.2. The molecule has 0 bridgehead atoms. The van der Waals surface area contributed by atoms with Gasteiger partial charge >= 0.3 is 0 Å². The van der Waals surface area contributed by atoms with Crippen LogP contribution in [0, 0.1) is 0 Å². The number of hydrogen-bond acceptors (Lipinski definition) is 3. The fourth-order valence-electron chi connectivity index (χ4n) is 1.89. The van der Waals surface area contributed by atoms with E-state index in [1.54, 1.807) is 13.3 Å². The summed E-state index contributed by atoms with van der Waals surface area (Å²) < 4.78 is 5.09. The molecule has 1 atom stereocenters. The van der Waals surface area contributed by atoms with Gasteiger partial charge in [0.15, 0.2) is 0 Å². The lowest BCUT2D eigenvalue weighted by Gasteiger charge is -2.25. The molecule has 90 valence electrons. The first-order valence-corrected chi connectivity index (χ1v) is 5.76. The van der Waals surface area contributed by atoms with Gasteiger partial charge in [0.2, 0.25) is 0 Å². The van der Waals surface area contributed by atoms with Gasteiger partial charge in [0.05, 0.1) is 5.52 Å². The molecule has 2 rings (SSSR count). The van der Waals surface area contributed by atoms with Gasteiger partial charge in [-0.1, -0.05) is 12.1 Å². The van der Waals surface area contributed by atoms with Crippen molar-refractivity contribution in [3.8, 4) is 0 Å². The zero-order valence-corrected chi connectivity index (χ0v) is 10.3. The molecule has 0 saturated heterocycles. The second-order valence-electron chi connectivity index (χ2n) is 4.57. The minimum atomic E-state index is -0.361. The Morgan fingerprint density at radius 3 is 2.94 bits per heavy atom. The Kier molecular flexibility index (Phi) is 3.41. The van der Waals surface area contributed by atoms with Crippen LogP contribution in [0.25, 0.3) is 10.9 Å². The van der Waals surface area contributed by atoms with Crippen molar-refractivity contribution in [2.24, 2.45) is 5.73 Å². The van der Waals surface area contributed by atoms with Crippen molar-refractivity contribution < 1.29 is 4.74 Å². The summed E-state index contributed by atoms with van der Waals surface area (Å²) in [6.45, 7) is 2.70. The average Bonchev–Trinajstić information content (AvgIpc) is 2.36. The molecule has 0 fully saturated rings. The molecule has 3 nitrogen and oxygen atoms in total. The van der Waals surface area contributed by atoms with Crippen molar-refractivity contribution >= 4 is 10.9 Å². The second kappa shape index (κ2) is 4.82. The molecule has 1 aromatic heterocycles. The van der Waals surface area contributed by atoms with Crippen molar-refractivity contribution in [3.05, 3.63) is 42.1 Å². The van der Waals surface area contributed by atoms with Gasteiger partial charge < -0.3 is 10.5 Å². The molecule has 0 aliphatic heterocycles. The lowest BCUT2D eigenvalue weighted by molar-refractivity contribution is 0.172. The number of aromatic nitrogens is 1. The van der Waals surface area contributed by atoms with Crippen LogP contribution in [-0.4, -0.2) is 18.7 Å². The fourth-order valence-corrected chi connectivity index (χ4v) is 1.89. The Bertz CT molecular complexity index is 508. The van der Waals surface area contributed by atoms with Crippen molar-refractivity contribution in [1.29, 1.82) is 0 Å². The number of rotatable bonds is 4. The lowest BCUT2D eigenvalue weighted by Crippen LogP contribution is -2.34. The molecule has 17 heavy (non-hydrogen) atoms. The molecular formula is C14H18N2O. The minimum absolute atomic E-state index is 0.361. The molecule has 1 unspecified atom stereocenters. The Morgan fingerprint density at radius 1 is 1.35 bits per heavy atom. The molecule has 2 N–H and O–H groups in total. The van der Waals surface area contributed by atoms with E-state index in [2.05, 4.69) is 17.1 Å². The number of methoxy groups -OCH3 is 1. The van der Waals surface area contributed by atoms with E-state index in [0.717, 1.165) is 22.9 Å². The number of benzene rings is 1. The number of fused-ring (bicyclic) bond motifs is 1. The summed E-state index contributed by atoms with van der Waals surface area (Å²) in [7, 11) is 1.69. The van der Waals surface area contributed by atoms with Crippen molar-refractivity contribution in [2.75, 3.05) is 13.7 Å². The number of pyridine rings is 1. The minimum Gasteiger partial charge on any atom is -0.385 e. The SMILES string of the molecule is COCCC(C)(N)c1ccc2ncccc2c1. The maximum atomic E-state index is 6.31. The van der Waals surface area contributed by atoms with Gasteiger partial charge in [-0.25, -0.2) is 0 Å². The molecular weight excluding hydrogens is 212 g/mol. The first kappa shape index (κ1) is 12.0. The van der Waals surface area contributed by atoms with Crippen LogP contribution in [-0.2, 0) is 10.3 Å². The van der Waals surface area contributed by atoms with Crippen LogP contribution in [0.5, 0.6) is 0 Å². The van der Waals surface area contributed by atoms with E-state index in [0.29, 0.717) is 6.61 Å². The van der Waals surface area contributed by atoms with E-state index in [1.807, 2.05) is 25.1 Å². The van der Waals surface area contributed by atoms with Crippen LogP contribution in [0.15, 0.2) is 36.5 Å². The molecule has 3 heteroatoms. The maximum Gasteiger partial charge on any atom is 0.0702 e.